The molecule has 0 bridgehead atoms. The molecule has 0 atom stereocenters. The lowest BCUT2D eigenvalue weighted by Gasteiger charge is -2.13. The van der Waals surface area contributed by atoms with Gasteiger partial charge in [0.25, 0.3) is 0 Å². The van der Waals surface area contributed by atoms with Gasteiger partial charge in [0, 0.05) is 16.5 Å². The Balaban J connectivity index is 2.27. The van der Waals surface area contributed by atoms with E-state index in [-0.39, 0.29) is 21.9 Å². The molecule has 0 spiro atoms. The predicted octanol–water partition coefficient (Wildman–Crippen LogP) is 4.00. The maximum absolute atomic E-state index is 12.8. The van der Waals surface area contributed by atoms with E-state index in [1.807, 2.05) is 6.92 Å². The van der Waals surface area contributed by atoms with Crippen molar-refractivity contribution in [1.29, 1.82) is 0 Å². The SMILES string of the molecule is CC1(c2cc(C(=O)O)c3cc(C(F)(F)F)ccc3n2)CC1. The third-order valence-corrected chi connectivity index (χ3v) is 3.98. The molecule has 1 aromatic carbocycles. The van der Waals surface area contributed by atoms with Crippen LogP contribution in [-0.4, -0.2) is 16.1 Å². The summed E-state index contributed by atoms with van der Waals surface area (Å²) in [7, 11) is 0. The highest BCUT2D eigenvalue weighted by atomic mass is 19.4. The summed E-state index contributed by atoms with van der Waals surface area (Å²) in [4.78, 5) is 15.7. The molecule has 21 heavy (non-hydrogen) atoms. The van der Waals surface area contributed by atoms with Crippen LogP contribution in [0.4, 0.5) is 13.2 Å². The molecule has 0 aliphatic heterocycles. The van der Waals surface area contributed by atoms with Crippen molar-refractivity contribution in [3.63, 3.8) is 0 Å². The Hall–Kier alpha value is -2.11. The Bertz CT molecular complexity index is 748. The van der Waals surface area contributed by atoms with E-state index in [9.17, 15) is 23.1 Å². The summed E-state index contributed by atoms with van der Waals surface area (Å²) in [5.41, 5.74) is -0.238. The van der Waals surface area contributed by atoms with Crippen molar-refractivity contribution < 1.29 is 23.1 Å². The van der Waals surface area contributed by atoms with Crippen molar-refractivity contribution in [2.45, 2.75) is 31.4 Å². The molecule has 0 saturated heterocycles. The van der Waals surface area contributed by atoms with Crippen LogP contribution in [-0.2, 0) is 11.6 Å². The van der Waals surface area contributed by atoms with Gasteiger partial charge >= 0.3 is 12.1 Å². The van der Waals surface area contributed by atoms with Crippen LogP contribution in [0.3, 0.4) is 0 Å². The molecule has 110 valence electrons. The Kier molecular flexibility index (Phi) is 2.77. The van der Waals surface area contributed by atoms with Gasteiger partial charge in [0.2, 0.25) is 0 Å². The summed E-state index contributed by atoms with van der Waals surface area (Å²) < 4.78 is 38.3. The Labute approximate surface area is 118 Å². The number of carboxylic acids is 1. The Morgan fingerprint density at radius 1 is 1.29 bits per heavy atom. The number of hydrogen-bond acceptors (Lipinski definition) is 2. The minimum absolute atomic E-state index is 0.0188. The average molecular weight is 295 g/mol. The number of pyridine rings is 1. The summed E-state index contributed by atoms with van der Waals surface area (Å²) in [6, 6.07) is 4.42. The van der Waals surface area contributed by atoms with Gasteiger partial charge in [0.1, 0.15) is 0 Å². The van der Waals surface area contributed by atoms with Gasteiger partial charge in [-0.2, -0.15) is 13.2 Å². The lowest BCUT2D eigenvalue weighted by Crippen LogP contribution is -2.10. The monoisotopic (exact) mass is 295 g/mol. The second-order valence-electron chi connectivity index (χ2n) is 5.65. The zero-order valence-corrected chi connectivity index (χ0v) is 11.2. The first-order valence-corrected chi connectivity index (χ1v) is 6.46. The van der Waals surface area contributed by atoms with E-state index >= 15 is 0 Å². The maximum Gasteiger partial charge on any atom is 0.416 e. The first-order chi connectivity index (χ1) is 9.71. The smallest absolute Gasteiger partial charge is 0.416 e. The molecule has 3 nitrogen and oxygen atoms in total. The largest absolute Gasteiger partial charge is 0.478 e. The molecule has 1 N–H and O–H groups in total. The van der Waals surface area contributed by atoms with Gasteiger partial charge in [0.15, 0.2) is 0 Å². The molecule has 0 amide bonds. The lowest BCUT2D eigenvalue weighted by atomic mass is 9.98. The molecule has 0 radical (unpaired) electrons. The topological polar surface area (TPSA) is 50.2 Å². The molecule has 3 rings (SSSR count). The van der Waals surface area contributed by atoms with Crippen LogP contribution < -0.4 is 0 Å². The van der Waals surface area contributed by atoms with Crippen LogP contribution in [0.2, 0.25) is 0 Å². The van der Waals surface area contributed by atoms with E-state index in [1.165, 1.54) is 12.1 Å². The Morgan fingerprint density at radius 3 is 2.48 bits per heavy atom. The van der Waals surface area contributed by atoms with Crippen LogP contribution in [0.5, 0.6) is 0 Å². The number of alkyl halides is 3. The summed E-state index contributed by atoms with van der Waals surface area (Å²) in [5, 5.41) is 9.30. The van der Waals surface area contributed by atoms with Gasteiger partial charge < -0.3 is 5.11 Å². The van der Waals surface area contributed by atoms with E-state index in [1.54, 1.807) is 0 Å². The zero-order chi connectivity index (χ0) is 15.4. The van der Waals surface area contributed by atoms with Crippen LogP contribution in [0, 0.1) is 0 Å². The summed E-state index contributed by atoms with van der Waals surface area (Å²) in [6.07, 6.45) is -2.69. The number of benzene rings is 1. The normalized spacial score (nSPS) is 17.0. The number of halogens is 3. The van der Waals surface area contributed by atoms with E-state index in [2.05, 4.69) is 4.98 Å². The fraction of sp³-hybridized carbons (Fsp3) is 0.333. The van der Waals surface area contributed by atoms with Gasteiger partial charge in [-0.1, -0.05) is 6.92 Å². The van der Waals surface area contributed by atoms with Gasteiger partial charge in [-0.05, 0) is 37.1 Å². The molecule has 1 aliphatic rings. The minimum atomic E-state index is -4.51. The number of carbonyl (C=O) groups is 1. The van der Waals surface area contributed by atoms with Gasteiger partial charge in [-0.3, -0.25) is 4.98 Å². The number of aromatic nitrogens is 1. The standard InChI is InChI=1S/C15H12F3NO2/c1-14(4-5-14)12-7-10(13(20)21)9-6-8(15(16,17)18)2-3-11(9)19-12/h2-3,6-7H,4-5H2,1H3,(H,20,21). The van der Waals surface area contributed by atoms with Crippen molar-refractivity contribution in [3.8, 4) is 0 Å². The molecule has 1 aliphatic carbocycles. The number of carboxylic acid groups (broad SMARTS) is 1. The third-order valence-electron chi connectivity index (χ3n) is 3.98. The van der Waals surface area contributed by atoms with Gasteiger partial charge in [-0.25, -0.2) is 4.79 Å². The second-order valence-corrected chi connectivity index (χ2v) is 5.65. The molecular formula is C15H12F3NO2. The van der Waals surface area contributed by atoms with Crippen molar-refractivity contribution in [2.75, 3.05) is 0 Å². The highest BCUT2D eigenvalue weighted by molar-refractivity contribution is 6.02. The minimum Gasteiger partial charge on any atom is -0.478 e. The van der Waals surface area contributed by atoms with Crippen molar-refractivity contribution >= 4 is 16.9 Å². The van der Waals surface area contributed by atoms with Crippen LogP contribution in [0.15, 0.2) is 24.3 Å². The third kappa shape index (κ3) is 2.34. The predicted molar refractivity (Wildman–Crippen MR) is 70.3 cm³/mol. The van der Waals surface area contributed by atoms with E-state index in [4.69, 9.17) is 0 Å². The summed E-state index contributed by atoms with van der Waals surface area (Å²) in [5.74, 6) is -1.24. The van der Waals surface area contributed by atoms with Crippen LogP contribution in [0.25, 0.3) is 10.9 Å². The van der Waals surface area contributed by atoms with E-state index in [0.29, 0.717) is 5.69 Å². The molecule has 2 aromatic rings. The van der Waals surface area contributed by atoms with Crippen LogP contribution >= 0.6 is 0 Å². The number of rotatable bonds is 2. The lowest BCUT2D eigenvalue weighted by molar-refractivity contribution is -0.137. The first kappa shape index (κ1) is 13.9. The quantitative estimate of drug-likeness (QED) is 0.911. The van der Waals surface area contributed by atoms with Crippen molar-refractivity contribution in [2.24, 2.45) is 0 Å². The van der Waals surface area contributed by atoms with E-state index in [0.717, 1.165) is 25.0 Å². The highest BCUT2D eigenvalue weighted by Crippen LogP contribution is 2.47. The fourth-order valence-electron chi connectivity index (χ4n) is 2.33. The molecule has 0 unspecified atom stereocenters. The number of fused-ring (bicyclic) bond motifs is 1. The van der Waals surface area contributed by atoms with Crippen molar-refractivity contribution in [1.82, 2.24) is 4.98 Å². The molecule has 1 saturated carbocycles. The highest BCUT2D eigenvalue weighted by Gasteiger charge is 2.41. The second kappa shape index (κ2) is 4.19. The summed E-state index contributed by atoms with van der Waals surface area (Å²) >= 11 is 0. The average Bonchev–Trinajstić information content (AvgIpc) is 3.15. The number of aromatic carboxylic acids is 1. The van der Waals surface area contributed by atoms with E-state index < -0.39 is 17.7 Å². The molecule has 1 aromatic heterocycles. The maximum atomic E-state index is 12.8. The zero-order valence-electron chi connectivity index (χ0n) is 11.2. The molecule has 1 heterocycles. The van der Waals surface area contributed by atoms with Crippen molar-refractivity contribution in [3.05, 3.63) is 41.1 Å². The molecule has 6 heteroatoms. The number of hydrogen-bond donors (Lipinski definition) is 1. The number of nitrogens with zero attached hydrogens (tertiary/aromatic N) is 1. The molecule has 1 fully saturated rings. The van der Waals surface area contributed by atoms with Gasteiger partial charge in [-0.15, -0.1) is 0 Å². The van der Waals surface area contributed by atoms with Crippen LogP contribution in [0.1, 0.15) is 41.4 Å². The first-order valence-electron chi connectivity index (χ1n) is 6.46. The molecular weight excluding hydrogens is 283 g/mol. The summed E-state index contributed by atoms with van der Waals surface area (Å²) in [6.45, 7) is 1.97. The fourth-order valence-corrected chi connectivity index (χ4v) is 2.33. The van der Waals surface area contributed by atoms with Gasteiger partial charge in [0.05, 0.1) is 16.6 Å². The Morgan fingerprint density at radius 2 is 1.95 bits per heavy atom.